The summed E-state index contributed by atoms with van der Waals surface area (Å²) in [5.41, 5.74) is 6.22. The van der Waals surface area contributed by atoms with Crippen LogP contribution in [0.1, 0.15) is 30.1 Å². The molecule has 0 aromatic heterocycles. The zero-order valence-electron chi connectivity index (χ0n) is 10.9. The van der Waals surface area contributed by atoms with Crippen LogP contribution in [0.2, 0.25) is 0 Å². The average molecular weight is 262 g/mol. The lowest BCUT2D eigenvalue weighted by molar-refractivity contribution is -0.120. The summed E-state index contributed by atoms with van der Waals surface area (Å²) in [5.74, 6) is -0.463. The van der Waals surface area contributed by atoms with E-state index in [1.54, 1.807) is 31.2 Å². The molecule has 102 valence electrons. The Morgan fingerprint density at radius 3 is 2.74 bits per heavy atom. The molecule has 1 aliphatic rings. The Balaban J connectivity index is 2.07. The molecule has 1 fully saturated rings. The summed E-state index contributed by atoms with van der Waals surface area (Å²) in [6.45, 7) is 2.43. The van der Waals surface area contributed by atoms with E-state index in [4.69, 9.17) is 10.5 Å². The third kappa shape index (κ3) is 2.93. The molecule has 1 aromatic rings. The lowest BCUT2D eigenvalue weighted by Crippen LogP contribution is -2.30. The van der Waals surface area contributed by atoms with Crippen molar-refractivity contribution in [2.45, 2.75) is 19.8 Å². The fraction of sp³-hybridized carbons (Fsp3) is 0.429. The Hall–Kier alpha value is -1.88. The number of rotatable bonds is 5. The van der Waals surface area contributed by atoms with Crippen molar-refractivity contribution >= 4 is 17.6 Å². The molecule has 1 aliphatic carbocycles. The van der Waals surface area contributed by atoms with Crippen LogP contribution in [-0.2, 0) is 9.53 Å². The molecule has 0 atom stereocenters. The molecule has 0 aliphatic heterocycles. The number of esters is 1. The van der Waals surface area contributed by atoms with Crippen LogP contribution in [0.25, 0.3) is 0 Å². The summed E-state index contributed by atoms with van der Waals surface area (Å²) in [5, 5.41) is 2.81. The molecular weight excluding hydrogens is 244 g/mol. The van der Waals surface area contributed by atoms with Crippen molar-refractivity contribution in [1.82, 2.24) is 0 Å². The minimum atomic E-state index is -0.403. The first-order chi connectivity index (χ1) is 9.11. The van der Waals surface area contributed by atoms with Crippen LogP contribution in [0.5, 0.6) is 0 Å². The van der Waals surface area contributed by atoms with Gasteiger partial charge < -0.3 is 15.8 Å². The normalized spacial score (nSPS) is 15.7. The van der Waals surface area contributed by atoms with Gasteiger partial charge in [-0.05, 0) is 38.0 Å². The fourth-order valence-electron chi connectivity index (χ4n) is 1.88. The first kappa shape index (κ1) is 13.5. The van der Waals surface area contributed by atoms with E-state index in [1.165, 1.54) is 0 Å². The monoisotopic (exact) mass is 262 g/mol. The van der Waals surface area contributed by atoms with Crippen molar-refractivity contribution < 1.29 is 14.3 Å². The Morgan fingerprint density at radius 2 is 2.16 bits per heavy atom. The number of benzene rings is 1. The maximum atomic E-state index is 12.0. The van der Waals surface area contributed by atoms with Crippen LogP contribution in [-0.4, -0.2) is 25.0 Å². The van der Waals surface area contributed by atoms with Gasteiger partial charge in [-0.3, -0.25) is 4.79 Å². The lowest BCUT2D eigenvalue weighted by atomic mass is 10.1. The first-order valence-electron chi connectivity index (χ1n) is 6.40. The van der Waals surface area contributed by atoms with Gasteiger partial charge in [-0.25, -0.2) is 4.79 Å². The summed E-state index contributed by atoms with van der Waals surface area (Å²) in [6.07, 6.45) is 1.65. The number of nitrogens with one attached hydrogen (secondary N) is 1. The van der Waals surface area contributed by atoms with E-state index in [-0.39, 0.29) is 5.91 Å². The standard InChI is InChI=1S/C14H18N2O3/c1-2-19-12(17)10-4-3-5-11(8-10)16-13(18)14(9-15)6-7-14/h3-5,8H,2,6-7,9,15H2,1H3,(H,16,18). The average Bonchev–Trinajstić information content (AvgIpc) is 3.20. The van der Waals surface area contributed by atoms with Crippen molar-refractivity contribution in [3.05, 3.63) is 29.8 Å². The minimum absolute atomic E-state index is 0.0731. The van der Waals surface area contributed by atoms with Gasteiger partial charge in [0.1, 0.15) is 0 Å². The van der Waals surface area contributed by atoms with Crippen molar-refractivity contribution in [2.75, 3.05) is 18.5 Å². The number of anilines is 1. The van der Waals surface area contributed by atoms with E-state index in [2.05, 4.69) is 5.32 Å². The van der Waals surface area contributed by atoms with Crippen LogP contribution in [0.4, 0.5) is 5.69 Å². The third-order valence-corrected chi connectivity index (χ3v) is 3.36. The fourth-order valence-corrected chi connectivity index (χ4v) is 1.88. The van der Waals surface area contributed by atoms with Gasteiger partial charge in [0.15, 0.2) is 0 Å². The molecule has 5 nitrogen and oxygen atoms in total. The summed E-state index contributed by atoms with van der Waals surface area (Å²) in [4.78, 5) is 23.6. The molecular formula is C14H18N2O3. The lowest BCUT2D eigenvalue weighted by Gasteiger charge is -2.13. The highest BCUT2D eigenvalue weighted by Crippen LogP contribution is 2.45. The van der Waals surface area contributed by atoms with E-state index in [0.717, 1.165) is 12.8 Å². The molecule has 5 heteroatoms. The van der Waals surface area contributed by atoms with Gasteiger partial charge in [-0.2, -0.15) is 0 Å². The Bertz CT molecular complexity index is 495. The summed E-state index contributed by atoms with van der Waals surface area (Å²) < 4.78 is 4.92. The summed E-state index contributed by atoms with van der Waals surface area (Å²) in [7, 11) is 0. The number of amides is 1. The minimum Gasteiger partial charge on any atom is -0.462 e. The maximum Gasteiger partial charge on any atom is 0.338 e. The molecule has 0 radical (unpaired) electrons. The Morgan fingerprint density at radius 1 is 1.42 bits per heavy atom. The predicted molar refractivity (Wildman–Crippen MR) is 71.7 cm³/mol. The zero-order valence-corrected chi connectivity index (χ0v) is 10.9. The van der Waals surface area contributed by atoms with Crippen molar-refractivity contribution in [3.8, 4) is 0 Å². The highest BCUT2D eigenvalue weighted by molar-refractivity contribution is 5.98. The molecule has 0 spiro atoms. The molecule has 0 unspecified atom stereocenters. The molecule has 1 amide bonds. The molecule has 0 saturated heterocycles. The van der Waals surface area contributed by atoms with Gasteiger partial charge >= 0.3 is 5.97 Å². The molecule has 1 aromatic carbocycles. The number of hydrogen-bond acceptors (Lipinski definition) is 4. The largest absolute Gasteiger partial charge is 0.462 e. The van der Waals surface area contributed by atoms with E-state index in [9.17, 15) is 9.59 Å². The van der Waals surface area contributed by atoms with Gasteiger partial charge in [0.25, 0.3) is 0 Å². The topological polar surface area (TPSA) is 81.4 Å². The summed E-state index contributed by atoms with van der Waals surface area (Å²) >= 11 is 0. The zero-order chi connectivity index (χ0) is 13.9. The molecule has 1 saturated carbocycles. The SMILES string of the molecule is CCOC(=O)c1cccc(NC(=O)C2(CN)CC2)c1. The van der Waals surface area contributed by atoms with Gasteiger partial charge in [0, 0.05) is 12.2 Å². The molecule has 19 heavy (non-hydrogen) atoms. The van der Waals surface area contributed by atoms with Gasteiger partial charge in [-0.1, -0.05) is 6.07 Å². The van der Waals surface area contributed by atoms with E-state index in [1.807, 2.05) is 0 Å². The van der Waals surface area contributed by atoms with Crippen molar-refractivity contribution in [2.24, 2.45) is 11.1 Å². The number of ether oxygens (including phenoxy) is 1. The van der Waals surface area contributed by atoms with E-state index in [0.29, 0.717) is 24.4 Å². The molecule has 2 rings (SSSR count). The van der Waals surface area contributed by atoms with Gasteiger partial charge in [-0.15, -0.1) is 0 Å². The predicted octanol–water partition coefficient (Wildman–Crippen LogP) is 1.54. The van der Waals surface area contributed by atoms with Crippen molar-refractivity contribution in [1.29, 1.82) is 0 Å². The van der Waals surface area contributed by atoms with Gasteiger partial charge in [0.05, 0.1) is 17.6 Å². The molecule has 0 heterocycles. The van der Waals surface area contributed by atoms with Crippen LogP contribution >= 0.6 is 0 Å². The quantitative estimate of drug-likeness (QED) is 0.789. The van der Waals surface area contributed by atoms with Crippen LogP contribution in [0.15, 0.2) is 24.3 Å². The van der Waals surface area contributed by atoms with Crippen molar-refractivity contribution in [3.63, 3.8) is 0 Å². The smallest absolute Gasteiger partial charge is 0.338 e. The third-order valence-electron chi connectivity index (χ3n) is 3.36. The van der Waals surface area contributed by atoms with E-state index < -0.39 is 11.4 Å². The van der Waals surface area contributed by atoms with Crippen LogP contribution < -0.4 is 11.1 Å². The summed E-state index contributed by atoms with van der Waals surface area (Å²) in [6, 6.07) is 6.73. The first-order valence-corrected chi connectivity index (χ1v) is 6.40. The molecule has 3 N–H and O–H groups in total. The highest BCUT2D eigenvalue weighted by Gasteiger charge is 2.48. The van der Waals surface area contributed by atoms with Gasteiger partial charge in [0.2, 0.25) is 5.91 Å². The second-order valence-corrected chi connectivity index (χ2v) is 4.74. The number of carbonyl (C=O) groups excluding carboxylic acids is 2. The second kappa shape index (κ2) is 5.40. The highest BCUT2D eigenvalue weighted by atomic mass is 16.5. The molecule has 0 bridgehead atoms. The Labute approximate surface area is 112 Å². The number of carbonyl (C=O) groups is 2. The van der Waals surface area contributed by atoms with Crippen LogP contribution in [0.3, 0.4) is 0 Å². The van der Waals surface area contributed by atoms with E-state index >= 15 is 0 Å². The number of hydrogen-bond donors (Lipinski definition) is 2. The Kier molecular flexibility index (Phi) is 3.85. The number of nitrogens with two attached hydrogens (primary N) is 1. The van der Waals surface area contributed by atoms with Crippen LogP contribution in [0, 0.1) is 5.41 Å². The maximum absolute atomic E-state index is 12.0. The second-order valence-electron chi connectivity index (χ2n) is 4.74.